The average Bonchev–Trinajstić information content (AvgIpc) is 2.61. The van der Waals surface area contributed by atoms with Crippen molar-refractivity contribution in [2.45, 2.75) is 0 Å². The van der Waals surface area contributed by atoms with E-state index in [4.69, 9.17) is 5.73 Å². The summed E-state index contributed by atoms with van der Waals surface area (Å²) < 4.78 is 0. The highest BCUT2D eigenvalue weighted by molar-refractivity contribution is 5.92. The largest absolute Gasteiger partial charge is 0.399 e. The molecule has 2 aromatic heterocycles. The zero-order valence-electron chi connectivity index (χ0n) is 7.49. The molecule has 0 spiro atoms. The Kier molecular flexibility index (Phi) is 1.31. The number of fused-ring (bicyclic) bond motifs is 2. The standard InChI is InChI=1S/C11H9N3/c12-8-2-1-7-5-11-9(3-4-13-11)14-10(7)6-8/h1-6,13H,12H2. The van der Waals surface area contributed by atoms with Gasteiger partial charge >= 0.3 is 0 Å². The summed E-state index contributed by atoms with van der Waals surface area (Å²) in [6, 6.07) is 9.80. The minimum atomic E-state index is 0.750. The molecule has 68 valence electrons. The van der Waals surface area contributed by atoms with E-state index >= 15 is 0 Å². The van der Waals surface area contributed by atoms with Crippen LogP contribution in [0.25, 0.3) is 21.9 Å². The van der Waals surface area contributed by atoms with Gasteiger partial charge in [0.05, 0.1) is 16.6 Å². The molecule has 0 aliphatic carbocycles. The highest BCUT2D eigenvalue weighted by Crippen LogP contribution is 2.20. The molecule has 3 heteroatoms. The third-order valence-electron chi connectivity index (χ3n) is 2.35. The molecular weight excluding hydrogens is 174 g/mol. The van der Waals surface area contributed by atoms with Crippen LogP contribution >= 0.6 is 0 Å². The Bertz CT molecular complexity index is 610. The number of hydrogen-bond acceptors (Lipinski definition) is 2. The van der Waals surface area contributed by atoms with Crippen molar-refractivity contribution in [2.24, 2.45) is 0 Å². The first kappa shape index (κ1) is 7.38. The number of rotatable bonds is 0. The average molecular weight is 183 g/mol. The predicted octanol–water partition coefficient (Wildman–Crippen LogP) is 2.30. The Morgan fingerprint density at radius 3 is 2.93 bits per heavy atom. The first-order valence-electron chi connectivity index (χ1n) is 4.46. The molecular formula is C11H9N3. The van der Waals surface area contributed by atoms with Gasteiger partial charge < -0.3 is 10.7 Å². The zero-order chi connectivity index (χ0) is 9.54. The van der Waals surface area contributed by atoms with Gasteiger partial charge in [0, 0.05) is 17.3 Å². The van der Waals surface area contributed by atoms with Gasteiger partial charge in [0.25, 0.3) is 0 Å². The number of aromatic amines is 1. The van der Waals surface area contributed by atoms with Gasteiger partial charge in [0.1, 0.15) is 0 Å². The second-order valence-corrected chi connectivity index (χ2v) is 3.35. The summed E-state index contributed by atoms with van der Waals surface area (Å²) in [5.74, 6) is 0. The lowest BCUT2D eigenvalue weighted by Gasteiger charge is -1.98. The topological polar surface area (TPSA) is 54.7 Å². The first-order valence-corrected chi connectivity index (χ1v) is 4.46. The summed E-state index contributed by atoms with van der Waals surface area (Å²) in [6.07, 6.45) is 1.89. The predicted molar refractivity (Wildman–Crippen MR) is 58.0 cm³/mol. The van der Waals surface area contributed by atoms with Crippen LogP contribution in [0.1, 0.15) is 0 Å². The van der Waals surface area contributed by atoms with E-state index < -0.39 is 0 Å². The molecule has 3 nitrogen and oxygen atoms in total. The molecule has 14 heavy (non-hydrogen) atoms. The Labute approximate surface area is 80.6 Å². The molecule has 3 aromatic rings. The number of pyridine rings is 1. The molecule has 0 amide bonds. The molecule has 0 aliphatic rings. The van der Waals surface area contributed by atoms with Crippen LogP contribution in [-0.2, 0) is 0 Å². The third-order valence-corrected chi connectivity index (χ3v) is 2.35. The van der Waals surface area contributed by atoms with E-state index in [9.17, 15) is 0 Å². The molecule has 0 saturated heterocycles. The van der Waals surface area contributed by atoms with E-state index in [2.05, 4.69) is 16.0 Å². The Balaban J connectivity index is 2.50. The van der Waals surface area contributed by atoms with E-state index in [1.165, 1.54) is 0 Å². The van der Waals surface area contributed by atoms with E-state index in [0.717, 1.165) is 27.6 Å². The van der Waals surface area contributed by atoms with Crippen molar-refractivity contribution in [3.63, 3.8) is 0 Å². The number of anilines is 1. The molecule has 2 heterocycles. The van der Waals surface area contributed by atoms with E-state index in [1.807, 2.05) is 30.5 Å². The highest BCUT2D eigenvalue weighted by Gasteiger charge is 1.99. The van der Waals surface area contributed by atoms with Gasteiger partial charge in [-0.2, -0.15) is 0 Å². The van der Waals surface area contributed by atoms with E-state index in [-0.39, 0.29) is 0 Å². The molecule has 1 aromatic carbocycles. The maximum absolute atomic E-state index is 5.70. The van der Waals surface area contributed by atoms with Crippen molar-refractivity contribution in [1.82, 2.24) is 9.97 Å². The molecule has 0 aliphatic heterocycles. The number of nitrogens with two attached hydrogens (primary N) is 1. The smallest absolute Gasteiger partial charge is 0.0886 e. The summed E-state index contributed by atoms with van der Waals surface area (Å²) in [6.45, 7) is 0. The van der Waals surface area contributed by atoms with Gasteiger partial charge in [-0.05, 0) is 24.3 Å². The van der Waals surface area contributed by atoms with Gasteiger partial charge in [-0.15, -0.1) is 0 Å². The fourth-order valence-corrected chi connectivity index (χ4v) is 1.65. The summed E-state index contributed by atoms with van der Waals surface area (Å²) in [5, 5.41) is 1.11. The number of benzene rings is 1. The minimum Gasteiger partial charge on any atom is -0.399 e. The van der Waals surface area contributed by atoms with Crippen molar-refractivity contribution >= 4 is 27.6 Å². The van der Waals surface area contributed by atoms with Gasteiger partial charge in [-0.3, -0.25) is 0 Å². The molecule has 0 fully saturated rings. The number of nitrogens with one attached hydrogen (secondary N) is 1. The SMILES string of the molecule is Nc1ccc2cc3[nH]ccc3nc2c1. The number of H-pyrrole nitrogens is 1. The van der Waals surface area contributed by atoms with Crippen LogP contribution in [0.2, 0.25) is 0 Å². The van der Waals surface area contributed by atoms with Crippen molar-refractivity contribution in [1.29, 1.82) is 0 Å². The van der Waals surface area contributed by atoms with Gasteiger partial charge in [0.2, 0.25) is 0 Å². The Morgan fingerprint density at radius 2 is 2.00 bits per heavy atom. The quantitative estimate of drug-likeness (QED) is 0.525. The summed E-state index contributed by atoms with van der Waals surface area (Å²) in [7, 11) is 0. The lowest BCUT2D eigenvalue weighted by molar-refractivity contribution is 1.46. The van der Waals surface area contributed by atoms with Crippen molar-refractivity contribution in [2.75, 3.05) is 5.73 Å². The molecule has 0 unspecified atom stereocenters. The Morgan fingerprint density at radius 1 is 1.07 bits per heavy atom. The molecule has 3 N–H and O–H groups in total. The van der Waals surface area contributed by atoms with Crippen LogP contribution in [0.3, 0.4) is 0 Å². The monoisotopic (exact) mass is 183 g/mol. The van der Waals surface area contributed by atoms with E-state index in [0.29, 0.717) is 0 Å². The second kappa shape index (κ2) is 2.48. The summed E-state index contributed by atoms with van der Waals surface area (Å²) >= 11 is 0. The third kappa shape index (κ3) is 0.956. The summed E-state index contributed by atoms with van der Waals surface area (Å²) in [5.41, 5.74) is 9.42. The van der Waals surface area contributed by atoms with Crippen molar-refractivity contribution in [3.8, 4) is 0 Å². The molecule has 0 bridgehead atoms. The maximum Gasteiger partial charge on any atom is 0.0886 e. The molecule has 0 saturated carbocycles. The lowest BCUT2D eigenvalue weighted by Crippen LogP contribution is -1.85. The van der Waals surface area contributed by atoms with E-state index in [1.54, 1.807) is 0 Å². The molecule has 0 radical (unpaired) electrons. The maximum atomic E-state index is 5.70. The van der Waals surface area contributed by atoms with Crippen LogP contribution in [0, 0.1) is 0 Å². The fraction of sp³-hybridized carbons (Fsp3) is 0. The summed E-state index contributed by atoms with van der Waals surface area (Å²) in [4.78, 5) is 7.62. The Hall–Kier alpha value is -2.03. The van der Waals surface area contributed by atoms with Gasteiger partial charge in [-0.1, -0.05) is 6.07 Å². The number of aromatic nitrogens is 2. The number of nitrogen functional groups attached to an aromatic ring is 1. The van der Waals surface area contributed by atoms with Crippen molar-refractivity contribution < 1.29 is 0 Å². The van der Waals surface area contributed by atoms with Crippen LogP contribution in [-0.4, -0.2) is 9.97 Å². The molecule has 0 atom stereocenters. The van der Waals surface area contributed by atoms with Gasteiger partial charge in [0.15, 0.2) is 0 Å². The normalized spacial score (nSPS) is 11.1. The molecule has 3 rings (SSSR count). The second-order valence-electron chi connectivity index (χ2n) is 3.35. The highest BCUT2D eigenvalue weighted by atomic mass is 14.8. The first-order chi connectivity index (χ1) is 6.83. The van der Waals surface area contributed by atoms with Crippen LogP contribution in [0.15, 0.2) is 36.5 Å². The fourth-order valence-electron chi connectivity index (χ4n) is 1.65. The van der Waals surface area contributed by atoms with Crippen LogP contribution in [0.4, 0.5) is 5.69 Å². The number of nitrogens with zero attached hydrogens (tertiary/aromatic N) is 1. The van der Waals surface area contributed by atoms with Crippen molar-refractivity contribution in [3.05, 3.63) is 36.5 Å². The van der Waals surface area contributed by atoms with Gasteiger partial charge in [-0.25, -0.2) is 4.98 Å². The van der Waals surface area contributed by atoms with Crippen LogP contribution in [0.5, 0.6) is 0 Å². The zero-order valence-corrected chi connectivity index (χ0v) is 7.49. The lowest BCUT2D eigenvalue weighted by atomic mass is 10.2. The number of hydrogen-bond donors (Lipinski definition) is 2. The minimum absolute atomic E-state index is 0.750. The van der Waals surface area contributed by atoms with Crippen LogP contribution < -0.4 is 5.73 Å².